The van der Waals surface area contributed by atoms with Gasteiger partial charge in [0.05, 0.1) is 4.90 Å². The van der Waals surface area contributed by atoms with Gasteiger partial charge < -0.3 is 5.73 Å². The van der Waals surface area contributed by atoms with Crippen LogP contribution in [-0.2, 0) is 10.0 Å². The van der Waals surface area contributed by atoms with Crippen LogP contribution in [0.25, 0.3) is 0 Å². The third-order valence-corrected chi connectivity index (χ3v) is 4.86. The van der Waals surface area contributed by atoms with E-state index in [1.807, 2.05) is 20.8 Å². The van der Waals surface area contributed by atoms with Gasteiger partial charge in [-0.05, 0) is 36.5 Å². The molecule has 0 spiro atoms. The number of nitrogens with one attached hydrogen (secondary N) is 1. The van der Waals surface area contributed by atoms with Crippen LogP contribution in [0.1, 0.15) is 32.8 Å². The fraction of sp³-hybridized carbons (Fsp3) is 0.538. The fourth-order valence-corrected chi connectivity index (χ4v) is 2.93. The van der Waals surface area contributed by atoms with Crippen LogP contribution in [0.15, 0.2) is 23.1 Å². The molecule has 18 heavy (non-hydrogen) atoms. The van der Waals surface area contributed by atoms with E-state index in [1.54, 1.807) is 25.1 Å². The summed E-state index contributed by atoms with van der Waals surface area (Å²) in [5, 5.41) is 0. The zero-order valence-corrected chi connectivity index (χ0v) is 12.3. The topological polar surface area (TPSA) is 72.2 Å². The van der Waals surface area contributed by atoms with E-state index < -0.39 is 10.0 Å². The van der Waals surface area contributed by atoms with Gasteiger partial charge in [-0.2, -0.15) is 0 Å². The van der Waals surface area contributed by atoms with Crippen molar-refractivity contribution in [1.29, 1.82) is 0 Å². The van der Waals surface area contributed by atoms with Crippen LogP contribution in [0.5, 0.6) is 0 Å². The molecular formula is C13H22N2O2S. The maximum atomic E-state index is 12.2. The van der Waals surface area contributed by atoms with Gasteiger partial charge >= 0.3 is 0 Å². The van der Waals surface area contributed by atoms with Crippen LogP contribution in [-0.4, -0.2) is 15.0 Å². The number of hydrogen-bond donors (Lipinski definition) is 2. The SMILES string of the molecule is CCC(C)(C)CNS(=O)(=O)c1cccc(N)c1C. The standard InChI is InChI=1S/C13H22N2O2S/c1-5-13(3,4)9-15-18(16,17)12-8-6-7-11(14)10(12)2/h6-8,15H,5,9,14H2,1-4H3. The summed E-state index contributed by atoms with van der Waals surface area (Å²) in [6.45, 7) is 8.23. The fourth-order valence-electron chi connectivity index (χ4n) is 1.42. The molecule has 0 aliphatic heterocycles. The Labute approximate surface area is 110 Å². The Bertz CT molecular complexity index is 522. The molecule has 0 unspecified atom stereocenters. The van der Waals surface area contributed by atoms with Gasteiger partial charge in [0.25, 0.3) is 0 Å². The largest absolute Gasteiger partial charge is 0.398 e. The summed E-state index contributed by atoms with van der Waals surface area (Å²) >= 11 is 0. The van der Waals surface area contributed by atoms with Crippen molar-refractivity contribution in [1.82, 2.24) is 4.72 Å². The van der Waals surface area contributed by atoms with Crippen molar-refractivity contribution in [2.24, 2.45) is 5.41 Å². The molecule has 1 rings (SSSR count). The van der Waals surface area contributed by atoms with Gasteiger partial charge in [0.1, 0.15) is 0 Å². The molecule has 0 bridgehead atoms. The Morgan fingerprint density at radius 2 is 1.94 bits per heavy atom. The van der Waals surface area contributed by atoms with Crippen molar-refractivity contribution in [2.75, 3.05) is 12.3 Å². The van der Waals surface area contributed by atoms with Crippen LogP contribution >= 0.6 is 0 Å². The quantitative estimate of drug-likeness (QED) is 0.806. The average Bonchev–Trinajstić information content (AvgIpc) is 2.30. The van der Waals surface area contributed by atoms with Crippen LogP contribution in [0, 0.1) is 12.3 Å². The van der Waals surface area contributed by atoms with Crippen molar-refractivity contribution < 1.29 is 8.42 Å². The van der Waals surface area contributed by atoms with E-state index in [0.717, 1.165) is 6.42 Å². The number of nitrogen functional groups attached to an aromatic ring is 1. The van der Waals surface area contributed by atoms with Gasteiger partial charge in [-0.1, -0.05) is 26.8 Å². The molecule has 0 saturated heterocycles. The maximum absolute atomic E-state index is 12.2. The summed E-state index contributed by atoms with van der Waals surface area (Å²) in [4.78, 5) is 0.259. The van der Waals surface area contributed by atoms with Gasteiger partial charge in [-0.25, -0.2) is 13.1 Å². The summed E-state index contributed by atoms with van der Waals surface area (Å²) in [6.07, 6.45) is 0.908. The second-order valence-electron chi connectivity index (χ2n) is 5.31. The van der Waals surface area contributed by atoms with E-state index in [9.17, 15) is 8.42 Å². The van der Waals surface area contributed by atoms with Crippen molar-refractivity contribution in [3.05, 3.63) is 23.8 Å². The Morgan fingerprint density at radius 1 is 1.33 bits per heavy atom. The van der Waals surface area contributed by atoms with Crippen molar-refractivity contribution in [2.45, 2.75) is 39.0 Å². The van der Waals surface area contributed by atoms with E-state index in [0.29, 0.717) is 17.8 Å². The van der Waals surface area contributed by atoms with Gasteiger partial charge in [-0.3, -0.25) is 0 Å². The molecule has 0 aliphatic carbocycles. The van der Waals surface area contributed by atoms with Crippen LogP contribution in [0.2, 0.25) is 0 Å². The Hall–Kier alpha value is -1.07. The summed E-state index contributed by atoms with van der Waals surface area (Å²) in [6, 6.07) is 4.93. The summed E-state index contributed by atoms with van der Waals surface area (Å²) in [5.41, 5.74) is 6.77. The first-order chi connectivity index (χ1) is 8.19. The van der Waals surface area contributed by atoms with Crippen LogP contribution in [0.3, 0.4) is 0 Å². The summed E-state index contributed by atoms with van der Waals surface area (Å²) in [7, 11) is -3.49. The molecule has 0 fully saturated rings. The molecule has 3 N–H and O–H groups in total. The highest BCUT2D eigenvalue weighted by Gasteiger charge is 2.22. The molecule has 1 aromatic carbocycles. The Kier molecular flexibility index (Phi) is 4.40. The first-order valence-electron chi connectivity index (χ1n) is 6.04. The van der Waals surface area contributed by atoms with Gasteiger partial charge in [-0.15, -0.1) is 0 Å². The van der Waals surface area contributed by atoms with E-state index >= 15 is 0 Å². The lowest BCUT2D eigenvalue weighted by molar-refractivity contribution is 0.350. The highest BCUT2D eigenvalue weighted by Crippen LogP contribution is 2.22. The maximum Gasteiger partial charge on any atom is 0.240 e. The minimum atomic E-state index is -3.49. The van der Waals surface area contributed by atoms with Crippen molar-refractivity contribution in [3.63, 3.8) is 0 Å². The number of anilines is 1. The summed E-state index contributed by atoms with van der Waals surface area (Å²) < 4.78 is 27.1. The van der Waals surface area contributed by atoms with Gasteiger partial charge in [0.2, 0.25) is 10.0 Å². The molecule has 0 heterocycles. The van der Waals surface area contributed by atoms with Crippen molar-refractivity contribution in [3.8, 4) is 0 Å². The predicted octanol–water partition coefficient (Wildman–Crippen LogP) is 2.29. The molecule has 0 aromatic heterocycles. The molecule has 5 heteroatoms. The van der Waals surface area contributed by atoms with E-state index in [1.165, 1.54) is 0 Å². The molecule has 1 aromatic rings. The smallest absolute Gasteiger partial charge is 0.240 e. The highest BCUT2D eigenvalue weighted by molar-refractivity contribution is 7.89. The molecule has 0 atom stereocenters. The molecular weight excluding hydrogens is 248 g/mol. The minimum Gasteiger partial charge on any atom is -0.398 e. The Morgan fingerprint density at radius 3 is 2.50 bits per heavy atom. The monoisotopic (exact) mass is 270 g/mol. The number of benzene rings is 1. The number of nitrogens with two attached hydrogens (primary N) is 1. The molecule has 0 amide bonds. The van der Waals surface area contributed by atoms with E-state index in [4.69, 9.17) is 5.73 Å². The van der Waals surface area contributed by atoms with Crippen LogP contribution < -0.4 is 10.5 Å². The van der Waals surface area contributed by atoms with Gasteiger partial charge in [0, 0.05) is 12.2 Å². The lowest BCUT2D eigenvalue weighted by atomic mass is 9.91. The third kappa shape index (κ3) is 3.46. The normalized spacial score (nSPS) is 12.7. The highest BCUT2D eigenvalue weighted by atomic mass is 32.2. The minimum absolute atomic E-state index is 0.0543. The molecule has 4 nitrogen and oxygen atoms in total. The number of rotatable bonds is 5. The predicted molar refractivity (Wildman–Crippen MR) is 74.9 cm³/mol. The second kappa shape index (κ2) is 5.28. The molecule has 0 aliphatic rings. The zero-order valence-electron chi connectivity index (χ0n) is 11.4. The van der Waals surface area contributed by atoms with E-state index in [2.05, 4.69) is 4.72 Å². The van der Waals surface area contributed by atoms with E-state index in [-0.39, 0.29) is 10.3 Å². The number of hydrogen-bond acceptors (Lipinski definition) is 3. The molecule has 0 saturated carbocycles. The lowest BCUT2D eigenvalue weighted by Crippen LogP contribution is -2.34. The third-order valence-electron chi connectivity index (χ3n) is 3.31. The first kappa shape index (κ1) is 15.0. The van der Waals surface area contributed by atoms with Gasteiger partial charge in [0.15, 0.2) is 0 Å². The Balaban J connectivity index is 2.98. The second-order valence-corrected chi connectivity index (χ2v) is 7.05. The average molecular weight is 270 g/mol. The lowest BCUT2D eigenvalue weighted by Gasteiger charge is -2.23. The van der Waals surface area contributed by atoms with Crippen molar-refractivity contribution >= 4 is 15.7 Å². The zero-order chi connectivity index (χ0) is 14.0. The number of sulfonamides is 1. The molecule has 0 radical (unpaired) electrons. The molecule has 102 valence electrons. The van der Waals surface area contributed by atoms with Crippen LogP contribution in [0.4, 0.5) is 5.69 Å². The first-order valence-corrected chi connectivity index (χ1v) is 7.53. The summed E-state index contributed by atoms with van der Waals surface area (Å²) in [5.74, 6) is 0.